The highest BCUT2D eigenvalue weighted by Gasteiger charge is 2.24. The molecular formula is C14H15N3O. The van der Waals surface area contributed by atoms with E-state index in [4.69, 9.17) is 0 Å². The zero-order valence-electron chi connectivity index (χ0n) is 10.2. The molecule has 18 heavy (non-hydrogen) atoms. The molecule has 3 rings (SSSR count). The number of carbonyl (C=O) groups excluding carboxylic acids is 1. The van der Waals surface area contributed by atoms with E-state index in [1.807, 2.05) is 19.1 Å². The Morgan fingerprint density at radius 1 is 1.44 bits per heavy atom. The Labute approximate surface area is 105 Å². The maximum atomic E-state index is 12.0. The third kappa shape index (κ3) is 1.90. The first-order valence-corrected chi connectivity index (χ1v) is 6.15. The summed E-state index contributed by atoms with van der Waals surface area (Å²) in [5.41, 5.74) is 3.92. The van der Waals surface area contributed by atoms with E-state index >= 15 is 0 Å². The summed E-state index contributed by atoms with van der Waals surface area (Å²) in [6.07, 6.45) is 2.00. The number of aromatic nitrogens is 2. The second-order valence-electron chi connectivity index (χ2n) is 4.70. The molecule has 1 atom stereocenters. The number of fused-ring (bicyclic) bond motifs is 1. The minimum Gasteiger partial charge on any atom is -0.344 e. The molecule has 0 aliphatic heterocycles. The van der Waals surface area contributed by atoms with Crippen LogP contribution in [0.3, 0.4) is 0 Å². The van der Waals surface area contributed by atoms with Gasteiger partial charge in [-0.15, -0.1) is 0 Å². The first kappa shape index (κ1) is 11.0. The number of aromatic amines is 1. The maximum Gasteiger partial charge on any atom is 0.272 e. The zero-order chi connectivity index (χ0) is 12.5. The molecule has 0 radical (unpaired) electrons. The Hall–Kier alpha value is -2.10. The van der Waals surface area contributed by atoms with Crippen molar-refractivity contribution in [2.24, 2.45) is 0 Å². The molecule has 0 spiro atoms. The van der Waals surface area contributed by atoms with Crippen LogP contribution in [-0.4, -0.2) is 16.1 Å². The highest BCUT2D eigenvalue weighted by atomic mass is 16.2. The van der Waals surface area contributed by atoms with Gasteiger partial charge in [-0.2, -0.15) is 5.10 Å². The Morgan fingerprint density at radius 3 is 3.06 bits per heavy atom. The van der Waals surface area contributed by atoms with Crippen molar-refractivity contribution >= 4 is 5.91 Å². The van der Waals surface area contributed by atoms with Crippen LogP contribution in [0.25, 0.3) is 0 Å². The molecule has 1 aromatic carbocycles. The number of H-pyrrole nitrogens is 1. The van der Waals surface area contributed by atoms with E-state index in [0.717, 1.165) is 18.5 Å². The van der Waals surface area contributed by atoms with Gasteiger partial charge in [-0.25, -0.2) is 0 Å². The number of nitrogens with zero attached hydrogens (tertiary/aromatic N) is 1. The zero-order valence-corrected chi connectivity index (χ0v) is 10.2. The lowest BCUT2D eigenvalue weighted by Crippen LogP contribution is -2.27. The van der Waals surface area contributed by atoms with Gasteiger partial charge in [0.2, 0.25) is 0 Å². The fraction of sp³-hybridized carbons (Fsp3) is 0.286. The van der Waals surface area contributed by atoms with Gasteiger partial charge in [0.1, 0.15) is 5.69 Å². The highest BCUT2D eigenvalue weighted by molar-refractivity contribution is 5.92. The van der Waals surface area contributed by atoms with Crippen LogP contribution in [0.2, 0.25) is 0 Å². The van der Waals surface area contributed by atoms with Crippen molar-refractivity contribution in [1.29, 1.82) is 0 Å². The molecule has 4 heteroatoms. The first-order valence-electron chi connectivity index (χ1n) is 6.15. The number of hydrogen-bond donors (Lipinski definition) is 2. The predicted molar refractivity (Wildman–Crippen MR) is 68.3 cm³/mol. The molecule has 4 nitrogen and oxygen atoms in total. The van der Waals surface area contributed by atoms with Crippen LogP contribution in [0.5, 0.6) is 0 Å². The topological polar surface area (TPSA) is 57.8 Å². The molecule has 1 aliphatic rings. The van der Waals surface area contributed by atoms with E-state index in [2.05, 4.69) is 27.6 Å². The van der Waals surface area contributed by atoms with Crippen LogP contribution >= 0.6 is 0 Å². The van der Waals surface area contributed by atoms with Crippen LogP contribution in [0.15, 0.2) is 30.3 Å². The fourth-order valence-electron chi connectivity index (χ4n) is 2.47. The summed E-state index contributed by atoms with van der Waals surface area (Å²) < 4.78 is 0. The van der Waals surface area contributed by atoms with Crippen molar-refractivity contribution in [2.75, 3.05) is 0 Å². The van der Waals surface area contributed by atoms with Crippen molar-refractivity contribution in [3.63, 3.8) is 0 Å². The number of rotatable bonds is 2. The minimum atomic E-state index is -0.110. The smallest absolute Gasteiger partial charge is 0.272 e. The van der Waals surface area contributed by atoms with E-state index in [1.165, 1.54) is 11.1 Å². The van der Waals surface area contributed by atoms with E-state index in [1.54, 1.807) is 6.07 Å². The lowest BCUT2D eigenvalue weighted by atomic mass is 10.1. The average Bonchev–Trinajstić information content (AvgIpc) is 2.97. The second kappa shape index (κ2) is 4.29. The summed E-state index contributed by atoms with van der Waals surface area (Å²) in [4.78, 5) is 12.0. The largest absolute Gasteiger partial charge is 0.344 e. The standard InChI is InChI=1S/C14H15N3O/c1-9-8-13(17-16-9)14(18)15-12-7-6-10-4-2-3-5-11(10)12/h2-5,8,12H,6-7H2,1H3,(H,15,18)(H,16,17)/t12-/m0/s1. The molecule has 1 heterocycles. The molecule has 0 saturated carbocycles. The van der Waals surface area contributed by atoms with Gasteiger partial charge >= 0.3 is 0 Å². The number of carbonyl (C=O) groups is 1. The Kier molecular flexibility index (Phi) is 2.63. The molecule has 0 bridgehead atoms. The first-order chi connectivity index (χ1) is 8.74. The molecule has 0 fully saturated rings. The van der Waals surface area contributed by atoms with Crippen molar-refractivity contribution in [3.8, 4) is 0 Å². The van der Waals surface area contributed by atoms with Gasteiger partial charge in [0.05, 0.1) is 6.04 Å². The van der Waals surface area contributed by atoms with Gasteiger partial charge in [0, 0.05) is 5.69 Å². The minimum absolute atomic E-state index is 0.110. The van der Waals surface area contributed by atoms with Gasteiger partial charge in [0.25, 0.3) is 5.91 Å². The predicted octanol–water partition coefficient (Wildman–Crippen LogP) is 2.14. The summed E-state index contributed by atoms with van der Waals surface area (Å²) in [7, 11) is 0. The lowest BCUT2D eigenvalue weighted by molar-refractivity contribution is 0.0931. The van der Waals surface area contributed by atoms with Crippen LogP contribution in [0.1, 0.15) is 39.8 Å². The quantitative estimate of drug-likeness (QED) is 0.846. The maximum absolute atomic E-state index is 12.0. The summed E-state index contributed by atoms with van der Waals surface area (Å²) in [6.45, 7) is 1.88. The van der Waals surface area contributed by atoms with E-state index in [9.17, 15) is 4.79 Å². The van der Waals surface area contributed by atoms with Crippen molar-refractivity contribution < 1.29 is 4.79 Å². The fourth-order valence-corrected chi connectivity index (χ4v) is 2.47. The van der Waals surface area contributed by atoms with E-state index in [0.29, 0.717) is 5.69 Å². The highest BCUT2D eigenvalue weighted by Crippen LogP contribution is 2.30. The summed E-state index contributed by atoms with van der Waals surface area (Å²) in [6, 6.07) is 10.1. The monoisotopic (exact) mass is 241 g/mol. The Morgan fingerprint density at radius 2 is 2.28 bits per heavy atom. The van der Waals surface area contributed by atoms with Gasteiger partial charge < -0.3 is 5.32 Å². The molecule has 1 aromatic heterocycles. The van der Waals surface area contributed by atoms with Crippen LogP contribution in [-0.2, 0) is 6.42 Å². The molecule has 92 valence electrons. The number of amides is 1. The molecule has 0 unspecified atom stereocenters. The normalized spacial score (nSPS) is 17.5. The molecule has 2 N–H and O–H groups in total. The number of hydrogen-bond acceptors (Lipinski definition) is 2. The number of benzene rings is 1. The SMILES string of the molecule is Cc1cc(C(=O)N[C@H]2CCc3ccccc32)n[nH]1. The third-order valence-electron chi connectivity index (χ3n) is 3.38. The van der Waals surface area contributed by atoms with E-state index < -0.39 is 0 Å². The van der Waals surface area contributed by atoms with Gasteiger partial charge in [-0.3, -0.25) is 9.89 Å². The van der Waals surface area contributed by atoms with Gasteiger partial charge in [-0.1, -0.05) is 24.3 Å². The van der Waals surface area contributed by atoms with Crippen molar-refractivity contribution in [2.45, 2.75) is 25.8 Å². The Balaban J connectivity index is 1.77. The number of aryl methyl sites for hydroxylation is 2. The Bertz CT molecular complexity index is 588. The lowest BCUT2D eigenvalue weighted by Gasteiger charge is -2.12. The van der Waals surface area contributed by atoms with Crippen molar-refractivity contribution in [1.82, 2.24) is 15.5 Å². The molecule has 1 amide bonds. The molecular weight excluding hydrogens is 226 g/mol. The number of nitrogens with one attached hydrogen (secondary N) is 2. The van der Waals surface area contributed by atoms with Crippen LogP contribution < -0.4 is 5.32 Å². The summed E-state index contributed by atoms with van der Waals surface area (Å²) >= 11 is 0. The van der Waals surface area contributed by atoms with Crippen LogP contribution in [0.4, 0.5) is 0 Å². The van der Waals surface area contributed by atoms with Crippen LogP contribution in [0, 0.1) is 6.92 Å². The molecule has 2 aromatic rings. The molecule has 0 saturated heterocycles. The van der Waals surface area contributed by atoms with Gasteiger partial charge in [-0.05, 0) is 37.0 Å². The van der Waals surface area contributed by atoms with Crippen molar-refractivity contribution in [3.05, 3.63) is 52.8 Å². The average molecular weight is 241 g/mol. The summed E-state index contributed by atoms with van der Waals surface area (Å²) in [5.74, 6) is -0.110. The summed E-state index contributed by atoms with van der Waals surface area (Å²) in [5, 5.41) is 9.80. The van der Waals surface area contributed by atoms with E-state index in [-0.39, 0.29) is 11.9 Å². The second-order valence-corrected chi connectivity index (χ2v) is 4.70. The third-order valence-corrected chi connectivity index (χ3v) is 3.38. The molecule has 1 aliphatic carbocycles. The van der Waals surface area contributed by atoms with Gasteiger partial charge in [0.15, 0.2) is 0 Å².